The van der Waals surface area contributed by atoms with Gasteiger partial charge in [-0.2, -0.15) is 5.10 Å². The van der Waals surface area contributed by atoms with E-state index in [0.29, 0.717) is 12.3 Å². The Morgan fingerprint density at radius 3 is 2.85 bits per heavy atom. The first-order chi connectivity index (χ1) is 12.5. The van der Waals surface area contributed by atoms with Gasteiger partial charge in [0.05, 0.1) is 33.3 Å². The summed E-state index contributed by atoms with van der Waals surface area (Å²) in [6.07, 6.45) is 0. The number of aromatic nitrogens is 3. The van der Waals surface area contributed by atoms with E-state index in [1.807, 2.05) is 24.3 Å². The molecular weight excluding hydrogens is 360 g/mol. The number of amides is 1. The van der Waals surface area contributed by atoms with Gasteiger partial charge in [0, 0.05) is 12.1 Å². The van der Waals surface area contributed by atoms with Crippen molar-refractivity contribution in [2.45, 2.75) is 13.5 Å². The fourth-order valence-electron chi connectivity index (χ4n) is 2.29. The Morgan fingerprint density at radius 2 is 2.12 bits per heavy atom. The Bertz CT molecular complexity index is 1030. The number of hydrazone groups is 1. The number of carbonyl (C=O) groups is 1. The van der Waals surface area contributed by atoms with Crippen LogP contribution in [-0.4, -0.2) is 31.5 Å². The van der Waals surface area contributed by atoms with E-state index in [1.165, 1.54) is 12.1 Å². The van der Waals surface area contributed by atoms with Crippen LogP contribution in [0.2, 0.25) is 5.02 Å². The van der Waals surface area contributed by atoms with E-state index in [0.717, 1.165) is 17.1 Å². The molecule has 9 nitrogen and oxygen atoms in total. The third-order valence-corrected chi connectivity index (χ3v) is 3.87. The molecule has 0 atom stereocenters. The predicted octanol–water partition coefficient (Wildman–Crippen LogP) is 2.80. The van der Waals surface area contributed by atoms with Crippen LogP contribution in [0.3, 0.4) is 0 Å². The van der Waals surface area contributed by atoms with E-state index in [-0.39, 0.29) is 16.3 Å². The van der Waals surface area contributed by atoms with Gasteiger partial charge in [-0.25, -0.2) is 10.1 Å². The number of nitrogens with one attached hydrogen (secondary N) is 1. The Hall–Kier alpha value is -3.33. The average molecular weight is 373 g/mol. The maximum atomic E-state index is 12.2. The number of non-ortho nitro benzene ring substituents is 1. The predicted molar refractivity (Wildman–Crippen MR) is 96.2 cm³/mol. The molecule has 2 aromatic carbocycles. The minimum Gasteiger partial charge on any atom is -0.267 e. The van der Waals surface area contributed by atoms with Crippen LogP contribution in [0.5, 0.6) is 0 Å². The highest BCUT2D eigenvalue weighted by Crippen LogP contribution is 2.22. The van der Waals surface area contributed by atoms with Crippen molar-refractivity contribution in [2.24, 2.45) is 5.10 Å². The minimum atomic E-state index is -0.585. The van der Waals surface area contributed by atoms with Gasteiger partial charge in [0.15, 0.2) is 0 Å². The van der Waals surface area contributed by atoms with Gasteiger partial charge in [-0.3, -0.25) is 14.9 Å². The highest BCUT2D eigenvalue weighted by molar-refractivity contribution is 6.34. The second-order valence-electron chi connectivity index (χ2n) is 5.45. The summed E-state index contributed by atoms with van der Waals surface area (Å²) < 4.78 is 1.67. The van der Waals surface area contributed by atoms with Gasteiger partial charge in [0.2, 0.25) is 0 Å². The monoisotopic (exact) mass is 372 g/mol. The Balaban J connectivity index is 1.70. The molecule has 3 rings (SSSR count). The molecule has 0 saturated carbocycles. The van der Waals surface area contributed by atoms with E-state index in [4.69, 9.17) is 11.6 Å². The van der Waals surface area contributed by atoms with E-state index in [2.05, 4.69) is 20.8 Å². The summed E-state index contributed by atoms with van der Waals surface area (Å²) in [4.78, 5) is 22.3. The van der Waals surface area contributed by atoms with Crippen LogP contribution in [0, 0.1) is 10.1 Å². The molecule has 1 aromatic heterocycles. The molecule has 10 heteroatoms. The molecule has 26 heavy (non-hydrogen) atoms. The normalized spacial score (nSPS) is 11.5. The average Bonchev–Trinajstić information content (AvgIpc) is 3.02. The number of carbonyl (C=O) groups excluding carboxylic acids is 1. The fraction of sp³-hybridized carbons (Fsp3) is 0.125. The van der Waals surface area contributed by atoms with E-state index in [9.17, 15) is 14.9 Å². The van der Waals surface area contributed by atoms with Crippen LogP contribution in [0.25, 0.3) is 11.0 Å². The quantitative estimate of drug-likeness (QED) is 0.420. The summed E-state index contributed by atoms with van der Waals surface area (Å²) >= 11 is 5.93. The molecule has 1 heterocycles. The third-order valence-electron chi connectivity index (χ3n) is 3.56. The summed E-state index contributed by atoms with van der Waals surface area (Å²) in [6, 6.07) is 11.1. The molecule has 0 fully saturated rings. The summed E-state index contributed by atoms with van der Waals surface area (Å²) in [6.45, 7) is 2.07. The first-order valence-corrected chi connectivity index (χ1v) is 7.89. The van der Waals surface area contributed by atoms with Gasteiger partial charge >= 0.3 is 0 Å². The van der Waals surface area contributed by atoms with Crippen LogP contribution >= 0.6 is 11.6 Å². The Labute approximate surface area is 152 Å². The van der Waals surface area contributed by atoms with Crippen molar-refractivity contribution in [2.75, 3.05) is 0 Å². The zero-order valence-corrected chi connectivity index (χ0v) is 14.3. The van der Waals surface area contributed by atoms with Gasteiger partial charge in [0.25, 0.3) is 11.6 Å². The lowest BCUT2D eigenvalue weighted by Gasteiger charge is -2.05. The van der Waals surface area contributed by atoms with Crippen molar-refractivity contribution in [1.29, 1.82) is 0 Å². The number of fused-ring (bicyclic) bond motifs is 1. The maximum absolute atomic E-state index is 12.2. The lowest BCUT2D eigenvalue weighted by atomic mass is 10.2. The van der Waals surface area contributed by atoms with Crippen molar-refractivity contribution in [1.82, 2.24) is 20.4 Å². The first kappa shape index (κ1) is 17.5. The molecule has 0 unspecified atom stereocenters. The first-order valence-electron chi connectivity index (χ1n) is 7.51. The smallest absolute Gasteiger partial charge is 0.267 e. The van der Waals surface area contributed by atoms with E-state index >= 15 is 0 Å². The number of para-hydroxylation sites is 1. The molecule has 0 aliphatic rings. The zero-order valence-electron chi connectivity index (χ0n) is 13.6. The Morgan fingerprint density at radius 1 is 1.35 bits per heavy atom. The van der Waals surface area contributed by atoms with Crippen LogP contribution in [0.15, 0.2) is 47.6 Å². The van der Waals surface area contributed by atoms with Crippen LogP contribution in [-0.2, 0) is 6.54 Å². The highest BCUT2D eigenvalue weighted by Gasteiger charge is 2.14. The van der Waals surface area contributed by atoms with Crippen molar-refractivity contribution >= 4 is 39.9 Å². The maximum Gasteiger partial charge on any atom is 0.272 e. The molecule has 0 aliphatic carbocycles. The number of hydrogen-bond acceptors (Lipinski definition) is 6. The molecule has 132 valence electrons. The van der Waals surface area contributed by atoms with Gasteiger partial charge in [-0.1, -0.05) is 28.9 Å². The summed E-state index contributed by atoms with van der Waals surface area (Å²) in [5.41, 5.74) is 4.50. The second kappa shape index (κ2) is 7.28. The molecular formula is C16H13ClN6O3. The molecule has 1 amide bonds. The highest BCUT2D eigenvalue weighted by atomic mass is 35.5. The van der Waals surface area contributed by atoms with E-state index < -0.39 is 10.8 Å². The molecule has 0 radical (unpaired) electrons. The van der Waals surface area contributed by atoms with E-state index in [1.54, 1.807) is 11.6 Å². The molecule has 0 spiro atoms. The van der Waals surface area contributed by atoms with Crippen molar-refractivity contribution in [3.05, 3.63) is 63.2 Å². The summed E-state index contributed by atoms with van der Waals surface area (Å²) in [7, 11) is 0. The third kappa shape index (κ3) is 3.67. The largest absolute Gasteiger partial charge is 0.272 e. The zero-order chi connectivity index (χ0) is 18.7. The molecule has 0 bridgehead atoms. The summed E-state index contributed by atoms with van der Waals surface area (Å²) in [5.74, 6) is -0.562. The molecule has 3 aromatic rings. The van der Waals surface area contributed by atoms with Gasteiger partial charge in [-0.15, -0.1) is 5.10 Å². The second-order valence-corrected chi connectivity index (χ2v) is 5.85. The van der Waals surface area contributed by atoms with Gasteiger partial charge in [0.1, 0.15) is 5.52 Å². The number of nitrogens with zero attached hydrogens (tertiary/aromatic N) is 5. The van der Waals surface area contributed by atoms with Crippen molar-refractivity contribution in [3.8, 4) is 0 Å². The lowest BCUT2D eigenvalue weighted by Crippen LogP contribution is -2.21. The number of nitro groups is 1. The SMILES string of the molecule is CC(Cn1nnc2ccccc21)=NNC(=O)c1ccc([N+](=O)[O-])cc1Cl. The topological polar surface area (TPSA) is 115 Å². The standard InChI is InChI=1S/C16H13ClN6O3/c1-10(9-22-15-5-3-2-4-14(15)19-21-22)18-20-16(24)12-7-6-11(23(25)26)8-13(12)17/h2-8H,9H2,1H3,(H,20,24). The van der Waals surface area contributed by atoms with Gasteiger partial charge in [-0.05, 0) is 25.1 Å². The van der Waals surface area contributed by atoms with Crippen LogP contribution < -0.4 is 5.43 Å². The number of hydrogen-bond donors (Lipinski definition) is 1. The number of nitro benzene ring substituents is 1. The summed E-state index contributed by atoms with van der Waals surface area (Å²) in [5, 5.41) is 22.8. The number of benzene rings is 2. The molecule has 1 N–H and O–H groups in total. The van der Waals surface area contributed by atoms with Crippen molar-refractivity contribution < 1.29 is 9.72 Å². The van der Waals surface area contributed by atoms with Gasteiger partial charge < -0.3 is 0 Å². The minimum absolute atomic E-state index is 0.0215. The fourth-order valence-corrected chi connectivity index (χ4v) is 2.55. The molecule has 0 aliphatic heterocycles. The lowest BCUT2D eigenvalue weighted by molar-refractivity contribution is -0.384. The van der Waals surface area contributed by atoms with Crippen LogP contribution in [0.4, 0.5) is 5.69 Å². The Kier molecular flexibility index (Phi) is 4.90. The number of rotatable bonds is 5. The van der Waals surface area contributed by atoms with Crippen LogP contribution in [0.1, 0.15) is 17.3 Å². The number of halogens is 1. The molecule has 0 saturated heterocycles. The van der Waals surface area contributed by atoms with Crippen molar-refractivity contribution in [3.63, 3.8) is 0 Å².